The predicted molar refractivity (Wildman–Crippen MR) is 150 cm³/mol. The summed E-state index contributed by atoms with van der Waals surface area (Å²) in [6.07, 6.45) is 15.9. The highest BCUT2D eigenvalue weighted by atomic mass is 35.5. The normalized spacial score (nSPS) is 10.8. The largest absolute Gasteiger partial charge is 0.354 e. The SMILES string of the molecule is Clc1ccc(N=c2ccn(CCCCCCCCn3ccc(=Nc4ccc(Cl)cc4)cc3)cc2)cc1. The van der Waals surface area contributed by atoms with Crippen LogP contribution in [0.5, 0.6) is 0 Å². The molecule has 4 rings (SSSR count). The lowest BCUT2D eigenvalue weighted by atomic mass is 10.1. The van der Waals surface area contributed by atoms with Gasteiger partial charge in [0.05, 0.1) is 22.1 Å². The Balaban J connectivity index is 1.09. The summed E-state index contributed by atoms with van der Waals surface area (Å²) in [5.74, 6) is 0. The summed E-state index contributed by atoms with van der Waals surface area (Å²) >= 11 is 11.9. The van der Waals surface area contributed by atoms with E-state index in [0.717, 1.165) is 45.2 Å². The number of benzene rings is 2. The minimum absolute atomic E-state index is 0.728. The maximum absolute atomic E-state index is 5.93. The Kier molecular flexibility index (Phi) is 10.0. The summed E-state index contributed by atoms with van der Waals surface area (Å²) in [5, 5.41) is 3.37. The quantitative estimate of drug-likeness (QED) is 0.180. The standard InChI is InChI=1S/C30H32Cl2N4/c31-25-7-11-27(12-8-25)33-29-15-21-35(22-16-29)19-5-3-1-2-4-6-20-36-23-17-30(18-24-36)34-28-13-9-26(32)10-14-28/h7-18,21-24H,1-6,19-20H2. The molecule has 2 aromatic heterocycles. The van der Waals surface area contributed by atoms with Crippen LogP contribution < -0.4 is 10.7 Å². The van der Waals surface area contributed by atoms with Gasteiger partial charge in [-0.15, -0.1) is 0 Å². The second-order valence-electron chi connectivity index (χ2n) is 8.89. The Morgan fingerprint density at radius 3 is 1.14 bits per heavy atom. The van der Waals surface area contributed by atoms with Crippen molar-refractivity contribution in [1.29, 1.82) is 0 Å². The fourth-order valence-electron chi connectivity index (χ4n) is 3.97. The Morgan fingerprint density at radius 1 is 0.444 bits per heavy atom. The van der Waals surface area contributed by atoms with Gasteiger partial charge in [0.1, 0.15) is 0 Å². The van der Waals surface area contributed by atoms with E-state index in [-0.39, 0.29) is 0 Å². The van der Waals surface area contributed by atoms with Crippen molar-refractivity contribution in [1.82, 2.24) is 9.13 Å². The van der Waals surface area contributed by atoms with Crippen molar-refractivity contribution < 1.29 is 0 Å². The van der Waals surface area contributed by atoms with Crippen LogP contribution in [-0.2, 0) is 13.1 Å². The second-order valence-corrected chi connectivity index (χ2v) is 9.76. The van der Waals surface area contributed by atoms with Gasteiger partial charge < -0.3 is 9.13 Å². The van der Waals surface area contributed by atoms with E-state index in [1.165, 1.54) is 38.5 Å². The number of halogens is 2. The minimum Gasteiger partial charge on any atom is -0.354 e. The predicted octanol–water partition coefficient (Wildman–Crippen LogP) is 8.10. The zero-order chi connectivity index (χ0) is 25.0. The van der Waals surface area contributed by atoms with Gasteiger partial charge in [-0.1, -0.05) is 48.9 Å². The summed E-state index contributed by atoms with van der Waals surface area (Å²) < 4.78 is 4.47. The van der Waals surface area contributed by atoms with Gasteiger partial charge in [-0.2, -0.15) is 0 Å². The zero-order valence-corrected chi connectivity index (χ0v) is 22.0. The molecule has 0 spiro atoms. The topological polar surface area (TPSA) is 34.6 Å². The Hall–Kier alpha value is -3.08. The molecule has 0 bridgehead atoms. The van der Waals surface area contributed by atoms with Gasteiger partial charge in [0, 0.05) is 47.9 Å². The van der Waals surface area contributed by atoms with Crippen LogP contribution >= 0.6 is 23.2 Å². The highest BCUT2D eigenvalue weighted by Crippen LogP contribution is 2.16. The van der Waals surface area contributed by atoms with Crippen molar-refractivity contribution in [3.8, 4) is 0 Å². The number of rotatable bonds is 11. The molecule has 0 unspecified atom stereocenters. The summed E-state index contributed by atoms with van der Waals surface area (Å²) in [5.41, 5.74) is 1.83. The highest BCUT2D eigenvalue weighted by molar-refractivity contribution is 6.30. The van der Waals surface area contributed by atoms with Crippen LogP contribution in [-0.4, -0.2) is 9.13 Å². The van der Waals surface area contributed by atoms with E-state index >= 15 is 0 Å². The average Bonchev–Trinajstić information content (AvgIpc) is 2.90. The number of pyridine rings is 2. The molecule has 0 amide bonds. The van der Waals surface area contributed by atoms with Crippen LogP contribution in [0.2, 0.25) is 10.0 Å². The van der Waals surface area contributed by atoms with E-state index in [1.54, 1.807) is 0 Å². The van der Waals surface area contributed by atoms with Crippen LogP contribution in [0.4, 0.5) is 11.4 Å². The lowest BCUT2D eigenvalue weighted by Gasteiger charge is -2.07. The number of unbranched alkanes of at least 4 members (excludes halogenated alkanes) is 5. The molecule has 0 radical (unpaired) electrons. The third-order valence-electron chi connectivity index (χ3n) is 6.00. The van der Waals surface area contributed by atoms with Crippen molar-refractivity contribution >= 4 is 34.6 Å². The van der Waals surface area contributed by atoms with Gasteiger partial charge in [0.2, 0.25) is 0 Å². The van der Waals surface area contributed by atoms with Crippen molar-refractivity contribution in [3.63, 3.8) is 0 Å². The molecule has 2 heterocycles. The molecule has 0 atom stereocenters. The Bertz CT molecular complexity index is 1210. The van der Waals surface area contributed by atoms with Crippen LogP contribution in [0, 0.1) is 0 Å². The van der Waals surface area contributed by atoms with Crippen molar-refractivity contribution in [2.75, 3.05) is 0 Å². The molecule has 0 aliphatic rings. The summed E-state index contributed by atoms with van der Waals surface area (Å²) in [6.45, 7) is 2.09. The molecule has 2 aromatic carbocycles. The molecular weight excluding hydrogens is 487 g/mol. The van der Waals surface area contributed by atoms with Gasteiger partial charge in [-0.3, -0.25) is 0 Å². The monoisotopic (exact) mass is 518 g/mol. The molecule has 0 N–H and O–H groups in total. The van der Waals surface area contributed by atoms with Crippen LogP contribution in [0.1, 0.15) is 38.5 Å². The fourth-order valence-corrected chi connectivity index (χ4v) is 4.22. The molecule has 36 heavy (non-hydrogen) atoms. The number of hydrogen-bond acceptors (Lipinski definition) is 2. The van der Waals surface area contributed by atoms with Gasteiger partial charge in [-0.05, 0) is 85.6 Å². The lowest BCUT2D eigenvalue weighted by molar-refractivity contribution is 0.529. The molecule has 0 saturated heterocycles. The molecule has 4 nitrogen and oxygen atoms in total. The Morgan fingerprint density at radius 2 is 0.778 bits per heavy atom. The maximum atomic E-state index is 5.93. The lowest BCUT2D eigenvalue weighted by Crippen LogP contribution is -2.05. The van der Waals surface area contributed by atoms with E-state index < -0.39 is 0 Å². The average molecular weight is 520 g/mol. The van der Waals surface area contributed by atoms with E-state index in [0.29, 0.717) is 0 Å². The first-order chi connectivity index (χ1) is 17.6. The molecule has 0 aliphatic heterocycles. The van der Waals surface area contributed by atoms with Gasteiger partial charge in [0.25, 0.3) is 0 Å². The molecule has 0 fully saturated rings. The van der Waals surface area contributed by atoms with E-state index in [2.05, 4.69) is 68.2 Å². The van der Waals surface area contributed by atoms with Crippen molar-refractivity contribution in [3.05, 3.63) is 118 Å². The van der Waals surface area contributed by atoms with Crippen molar-refractivity contribution in [2.24, 2.45) is 9.98 Å². The van der Waals surface area contributed by atoms with Gasteiger partial charge >= 0.3 is 0 Å². The molecular formula is C30H32Cl2N4. The third-order valence-corrected chi connectivity index (χ3v) is 6.50. The van der Waals surface area contributed by atoms with Gasteiger partial charge in [-0.25, -0.2) is 9.98 Å². The summed E-state index contributed by atoms with van der Waals surface area (Å²) in [6, 6.07) is 23.4. The zero-order valence-electron chi connectivity index (χ0n) is 20.4. The number of nitrogens with zero attached hydrogens (tertiary/aromatic N) is 4. The van der Waals surface area contributed by atoms with Gasteiger partial charge in [0.15, 0.2) is 0 Å². The molecule has 0 aliphatic carbocycles. The Labute approximate surface area is 223 Å². The third kappa shape index (κ3) is 8.85. The van der Waals surface area contributed by atoms with E-state index in [4.69, 9.17) is 23.2 Å². The molecule has 4 aromatic rings. The first-order valence-electron chi connectivity index (χ1n) is 12.6. The minimum atomic E-state index is 0.728. The maximum Gasteiger partial charge on any atom is 0.0666 e. The highest BCUT2D eigenvalue weighted by Gasteiger charge is 1.96. The van der Waals surface area contributed by atoms with E-state index in [1.807, 2.05) is 48.5 Å². The smallest absolute Gasteiger partial charge is 0.0666 e. The fraction of sp³-hybridized carbons (Fsp3) is 0.267. The summed E-state index contributed by atoms with van der Waals surface area (Å²) in [4.78, 5) is 9.25. The first kappa shape index (κ1) is 26.0. The molecule has 186 valence electrons. The molecule has 6 heteroatoms. The molecule has 0 saturated carbocycles. The first-order valence-corrected chi connectivity index (χ1v) is 13.3. The van der Waals surface area contributed by atoms with E-state index in [9.17, 15) is 0 Å². The summed E-state index contributed by atoms with van der Waals surface area (Å²) in [7, 11) is 0. The van der Waals surface area contributed by atoms with Crippen molar-refractivity contribution in [2.45, 2.75) is 51.6 Å². The van der Waals surface area contributed by atoms with Crippen LogP contribution in [0.3, 0.4) is 0 Å². The van der Waals surface area contributed by atoms with Crippen LogP contribution in [0.25, 0.3) is 0 Å². The number of aryl methyl sites for hydroxylation is 2. The second kappa shape index (κ2) is 13.9. The number of aromatic nitrogens is 2. The van der Waals surface area contributed by atoms with Crippen LogP contribution in [0.15, 0.2) is 108 Å². The number of hydrogen-bond donors (Lipinski definition) is 0.